The highest BCUT2D eigenvalue weighted by Crippen LogP contribution is 2.60. The number of thioether (sulfide) groups is 1. The summed E-state index contributed by atoms with van der Waals surface area (Å²) in [7, 11) is 1.53. The minimum absolute atomic E-state index is 0.136. The lowest BCUT2D eigenvalue weighted by Gasteiger charge is -2.55. The van der Waals surface area contributed by atoms with Gasteiger partial charge in [0.15, 0.2) is 15.8 Å². The number of nitrogens with zero attached hydrogens (tertiary/aromatic N) is 1. The zero-order chi connectivity index (χ0) is 25.0. The molecule has 1 heterocycles. The number of amides is 1. The zero-order valence-corrected chi connectivity index (χ0v) is 21.5. The molecule has 1 amide bonds. The summed E-state index contributed by atoms with van der Waals surface area (Å²) in [6.45, 7) is 0. The van der Waals surface area contributed by atoms with Crippen LogP contribution in [-0.2, 0) is 9.59 Å². The Kier molecular flexibility index (Phi) is 5.91. The van der Waals surface area contributed by atoms with Crippen molar-refractivity contribution in [3.05, 3.63) is 58.8 Å². The van der Waals surface area contributed by atoms with Crippen molar-refractivity contribution in [2.45, 2.75) is 38.5 Å². The molecule has 4 bridgehead atoms. The van der Waals surface area contributed by atoms with Crippen LogP contribution < -0.4 is 14.4 Å². The van der Waals surface area contributed by atoms with Crippen molar-refractivity contribution in [3.8, 4) is 11.5 Å². The highest BCUT2D eigenvalue weighted by atomic mass is 32.2. The van der Waals surface area contributed by atoms with Crippen molar-refractivity contribution in [3.63, 3.8) is 0 Å². The van der Waals surface area contributed by atoms with Crippen LogP contribution in [0.1, 0.15) is 44.1 Å². The average Bonchev–Trinajstić information content (AvgIpc) is 3.11. The first-order chi connectivity index (χ1) is 17.3. The third-order valence-electron chi connectivity index (χ3n) is 8.02. The minimum Gasteiger partial charge on any atom is -0.493 e. The average molecular weight is 524 g/mol. The number of carbonyl (C=O) groups is 2. The van der Waals surface area contributed by atoms with E-state index < -0.39 is 5.82 Å². The van der Waals surface area contributed by atoms with Gasteiger partial charge in [0, 0.05) is 0 Å². The topological polar surface area (TPSA) is 55.8 Å². The smallest absolute Gasteiger partial charge is 0.317 e. The molecule has 0 atom stereocenters. The predicted octanol–water partition coefficient (Wildman–Crippen LogP) is 6.36. The molecule has 5 nitrogen and oxygen atoms in total. The van der Waals surface area contributed by atoms with Gasteiger partial charge in [0.05, 0.1) is 23.1 Å². The summed E-state index contributed by atoms with van der Waals surface area (Å²) in [5, 5.41) is 0. The third kappa shape index (κ3) is 4.14. The molecule has 4 saturated carbocycles. The first-order valence-corrected chi connectivity index (χ1v) is 13.5. The molecule has 8 heteroatoms. The van der Waals surface area contributed by atoms with Gasteiger partial charge in [-0.1, -0.05) is 36.1 Å². The van der Waals surface area contributed by atoms with Crippen molar-refractivity contribution in [2.24, 2.45) is 23.2 Å². The van der Waals surface area contributed by atoms with Crippen molar-refractivity contribution in [2.75, 3.05) is 12.0 Å². The third-order valence-corrected chi connectivity index (χ3v) is 9.32. The van der Waals surface area contributed by atoms with Crippen LogP contribution in [0.5, 0.6) is 11.5 Å². The first kappa shape index (κ1) is 23.7. The molecule has 36 heavy (non-hydrogen) atoms. The van der Waals surface area contributed by atoms with E-state index in [4.69, 9.17) is 21.7 Å². The molecule has 4 aliphatic carbocycles. The number of ether oxygens (including phenoxy) is 2. The summed E-state index contributed by atoms with van der Waals surface area (Å²) in [6, 6.07) is 11.0. The summed E-state index contributed by atoms with van der Waals surface area (Å²) in [5.74, 6) is 1.90. The van der Waals surface area contributed by atoms with Gasteiger partial charge in [-0.05, 0) is 98.2 Å². The van der Waals surface area contributed by atoms with Gasteiger partial charge in [-0.3, -0.25) is 14.5 Å². The van der Waals surface area contributed by atoms with E-state index in [9.17, 15) is 14.0 Å². The largest absolute Gasteiger partial charge is 0.493 e. The Labute approximate surface area is 219 Å². The fraction of sp³-hybridized carbons (Fsp3) is 0.393. The second kappa shape index (κ2) is 8.99. The van der Waals surface area contributed by atoms with Crippen LogP contribution >= 0.6 is 24.0 Å². The normalized spacial score (nSPS) is 29.8. The molecule has 5 aliphatic rings. The Bertz CT molecular complexity index is 1270. The number of thiocarbonyl (C=S) groups is 1. The summed E-state index contributed by atoms with van der Waals surface area (Å²) < 4.78 is 25.5. The fourth-order valence-electron chi connectivity index (χ4n) is 6.88. The molecule has 1 saturated heterocycles. The molecular weight excluding hydrogens is 497 g/mol. The van der Waals surface area contributed by atoms with E-state index in [0.717, 1.165) is 31.0 Å². The molecule has 2 aromatic carbocycles. The molecular formula is C28H26FNO4S2. The Morgan fingerprint density at radius 1 is 1.08 bits per heavy atom. The molecule has 186 valence electrons. The number of esters is 1. The maximum atomic E-state index is 13.7. The van der Waals surface area contributed by atoms with Crippen molar-refractivity contribution in [1.29, 1.82) is 0 Å². The number of benzene rings is 2. The summed E-state index contributed by atoms with van der Waals surface area (Å²) >= 11 is 6.54. The summed E-state index contributed by atoms with van der Waals surface area (Å²) in [6.07, 6.45) is 8.30. The highest BCUT2D eigenvalue weighted by molar-refractivity contribution is 8.27. The van der Waals surface area contributed by atoms with Crippen molar-refractivity contribution in [1.82, 2.24) is 0 Å². The SMILES string of the molecule is COc1cc(/C=C2/SC(=S)N(c3cccc(F)c3)C2=O)ccc1OC(=O)C12CC3CC(CC(C3)C1)C2. The lowest BCUT2D eigenvalue weighted by atomic mass is 9.49. The van der Waals surface area contributed by atoms with Gasteiger partial charge < -0.3 is 9.47 Å². The molecule has 5 fully saturated rings. The summed E-state index contributed by atoms with van der Waals surface area (Å²) in [4.78, 5) is 28.2. The molecule has 0 N–H and O–H groups in total. The van der Waals surface area contributed by atoms with E-state index in [1.807, 2.05) is 0 Å². The quantitative estimate of drug-likeness (QED) is 0.197. The van der Waals surface area contributed by atoms with Crippen LogP contribution in [0, 0.1) is 29.0 Å². The zero-order valence-electron chi connectivity index (χ0n) is 19.9. The Hall–Kier alpha value is -2.71. The van der Waals surface area contributed by atoms with Crippen molar-refractivity contribution >= 4 is 51.9 Å². The highest BCUT2D eigenvalue weighted by Gasteiger charge is 2.55. The second-order valence-electron chi connectivity index (χ2n) is 10.5. The fourth-order valence-corrected chi connectivity index (χ4v) is 8.18. The van der Waals surface area contributed by atoms with Gasteiger partial charge in [-0.25, -0.2) is 4.39 Å². The van der Waals surface area contributed by atoms with Gasteiger partial charge in [0.1, 0.15) is 5.82 Å². The molecule has 7 rings (SSSR count). The van der Waals surface area contributed by atoms with Crippen LogP contribution in [0.4, 0.5) is 10.1 Å². The van der Waals surface area contributed by atoms with E-state index in [1.165, 1.54) is 43.4 Å². The molecule has 1 aliphatic heterocycles. The van der Waals surface area contributed by atoms with Crippen molar-refractivity contribution < 1.29 is 23.5 Å². The molecule has 0 aromatic heterocycles. The molecule has 2 aromatic rings. The Morgan fingerprint density at radius 2 is 1.78 bits per heavy atom. The van der Waals surface area contributed by atoms with E-state index in [0.29, 0.717) is 49.7 Å². The van der Waals surface area contributed by atoms with Gasteiger partial charge in [0.25, 0.3) is 5.91 Å². The van der Waals surface area contributed by atoms with Crippen LogP contribution in [0.15, 0.2) is 47.4 Å². The molecule has 0 spiro atoms. The van der Waals surface area contributed by atoms with Gasteiger partial charge in [-0.2, -0.15) is 0 Å². The first-order valence-electron chi connectivity index (χ1n) is 12.3. The van der Waals surface area contributed by atoms with Gasteiger partial charge in [0.2, 0.25) is 0 Å². The van der Waals surface area contributed by atoms with Crippen LogP contribution in [0.2, 0.25) is 0 Å². The van der Waals surface area contributed by atoms with Gasteiger partial charge >= 0.3 is 5.97 Å². The Morgan fingerprint density at radius 3 is 2.42 bits per heavy atom. The van der Waals surface area contributed by atoms with E-state index in [1.54, 1.807) is 36.4 Å². The molecule has 0 radical (unpaired) electrons. The number of hydrogen-bond donors (Lipinski definition) is 0. The number of methoxy groups -OCH3 is 1. The molecule has 0 unspecified atom stereocenters. The maximum absolute atomic E-state index is 13.7. The standard InChI is InChI=1S/C28H26FNO4S2/c1-33-23-10-16(11-24-25(31)30(27(35)36-24)21-4-2-3-20(29)12-21)5-6-22(23)34-26(32)28-13-17-7-18(14-28)9-19(8-17)15-28/h2-6,10-12,17-19H,7-9,13-15H2,1H3/b24-11+. The maximum Gasteiger partial charge on any atom is 0.317 e. The van der Waals surface area contributed by atoms with Crippen LogP contribution in [0.3, 0.4) is 0 Å². The monoisotopic (exact) mass is 523 g/mol. The number of hydrogen-bond acceptors (Lipinski definition) is 6. The number of carbonyl (C=O) groups excluding carboxylic acids is 2. The lowest BCUT2D eigenvalue weighted by Crippen LogP contribution is -2.51. The number of anilines is 1. The summed E-state index contributed by atoms with van der Waals surface area (Å²) in [5.41, 5.74) is 0.746. The van der Waals surface area contributed by atoms with Crippen LogP contribution in [-0.4, -0.2) is 23.3 Å². The Balaban J connectivity index is 1.21. The van der Waals surface area contributed by atoms with E-state index in [2.05, 4.69) is 0 Å². The number of rotatable bonds is 5. The van der Waals surface area contributed by atoms with Crippen LogP contribution in [0.25, 0.3) is 6.08 Å². The van der Waals surface area contributed by atoms with E-state index >= 15 is 0 Å². The lowest BCUT2D eigenvalue weighted by molar-refractivity contribution is -0.161. The van der Waals surface area contributed by atoms with E-state index in [-0.39, 0.29) is 17.3 Å². The predicted molar refractivity (Wildman–Crippen MR) is 141 cm³/mol. The number of halogens is 1. The minimum atomic E-state index is -0.436. The second-order valence-corrected chi connectivity index (χ2v) is 12.2. The van der Waals surface area contributed by atoms with Gasteiger partial charge in [-0.15, -0.1) is 0 Å².